The molecule has 0 saturated carbocycles. The molecule has 0 aromatic heterocycles. The van der Waals surface area contributed by atoms with E-state index >= 15 is 0 Å². The number of nitrogens with zero attached hydrogens (tertiary/aromatic N) is 2. The van der Waals surface area contributed by atoms with E-state index in [4.69, 9.17) is 0 Å². The third-order valence-electron chi connectivity index (χ3n) is 3.38. The van der Waals surface area contributed by atoms with Gasteiger partial charge in [0.15, 0.2) is 5.96 Å². The Morgan fingerprint density at radius 3 is 2.73 bits per heavy atom. The molecule has 1 heterocycles. The van der Waals surface area contributed by atoms with Gasteiger partial charge in [0, 0.05) is 44.7 Å². The van der Waals surface area contributed by atoms with E-state index in [1.165, 1.54) is 11.3 Å². The molecule has 0 atom stereocenters. The predicted octanol–water partition coefficient (Wildman–Crippen LogP) is 2.71. The Balaban J connectivity index is 0.00000242. The normalized spacial score (nSPS) is 13.9. The standard InChI is InChI=1S/C16H24N4S.HI/c1-17-16(18-8-11-21-2)19-13-14-6-5-7-15(12-14)20-9-3-4-10-20;/h3-7,12H,8-11,13H2,1-2H3,(H2,17,18,19);1H. The summed E-state index contributed by atoms with van der Waals surface area (Å²) in [5.41, 5.74) is 2.55. The Morgan fingerprint density at radius 1 is 1.27 bits per heavy atom. The predicted molar refractivity (Wildman–Crippen MR) is 110 cm³/mol. The van der Waals surface area contributed by atoms with Gasteiger partial charge < -0.3 is 15.5 Å². The van der Waals surface area contributed by atoms with Crippen LogP contribution in [0.15, 0.2) is 41.4 Å². The fourth-order valence-corrected chi connectivity index (χ4v) is 2.54. The average Bonchev–Trinajstić information content (AvgIpc) is 3.05. The zero-order valence-electron chi connectivity index (χ0n) is 13.2. The van der Waals surface area contributed by atoms with Crippen LogP contribution in [0.25, 0.3) is 0 Å². The fraction of sp³-hybridized carbons (Fsp3) is 0.438. The zero-order valence-corrected chi connectivity index (χ0v) is 16.4. The van der Waals surface area contributed by atoms with Crippen molar-refractivity contribution in [2.75, 3.05) is 43.6 Å². The maximum atomic E-state index is 4.24. The monoisotopic (exact) mass is 432 g/mol. The van der Waals surface area contributed by atoms with Crippen molar-refractivity contribution in [3.8, 4) is 0 Å². The van der Waals surface area contributed by atoms with Crippen molar-refractivity contribution >= 4 is 47.4 Å². The summed E-state index contributed by atoms with van der Waals surface area (Å²) in [6.45, 7) is 3.73. The van der Waals surface area contributed by atoms with E-state index in [1.807, 2.05) is 11.8 Å². The highest BCUT2D eigenvalue weighted by Gasteiger charge is 2.07. The molecule has 4 nitrogen and oxygen atoms in total. The lowest BCUT2D eigenvalue weighted by Crippen LogP contribution is -2.37. The number of rotatable bonds is 6. The van der Waals surface area contributed by atoms with Crippen LogP contribution < -0.4 is 15.5 Å². The topological polar surface area (TPSA) is 39.7 Å². The van der Waals surface area contributed by atoms with Crippen molar-refractivity contribution in [3.63, 3.8) is 0 Å². The van der Waals surface area contributed by atoms with Gasteiger partial charge in [-0.3, -0.25) is 4.99 Å². The van der Waals surface area contributed by atoms with E-state index < -0.39 is 0 Å². The second kappa shape index (κ2) is 10.8. The summed E-state index contributed by atoms with van der Waals surface area (Å²) in [6.07, 6.45) is 6.53. The highest BCUT2D eigenvalue weighted by molar-refractivity contribution is 14.0. The molecule has 0 bridgehead atoms. The molecule has 122 valence electrons. The first kappa shape index (κ1) is 19.2. The molecule has 0 fully saturated rings. The number of benzene rings is 1. The molecule has 0 spiro atoms. The Labute approximate surface area is 154 Å². The molecule has 1 aromatic carbocycles. The van der Waals surface area contributed by atoms with Crippen LogP contribution in [0, 0.1) is 0 Å². The number of hydrogen-bond acceptors (Lipinski definition) is 3. The van der Waals surface area contributed by atoms with Crippen LogP contribution >= 0.6 is 35.7 Å². The largest absolute Gasteiger partial charge is 0.364 e. The van der Waals surface area contributed by atoms with Gasteiger partial charge in [0.2, 0.25) is 0 Å². The highest BCUT2D eigenvalue weighted by atomic mass is 127. The summed E-state index contributed by atoms with van der Waals surface area (Å²) in [5.74, 6) is 1.94. The molecule has 1 aliphatic rings. The number of guanidine groups is 1. The van der Waals surface area contributed by atoms with E-state index in [2.05, 4.69) is 63.2 Å². The molecular weight excluding hydrogens is 407 g/mol. The molecule has 2 N–H and O–H groups in total. The van der Waals surface area contributed by atoms with Crippen molar-refractivity contribution < 1.29 is 0 Å². The van der Waals surface area contributed by atoms with Gasteiger partial charge in [0.05, 0.1) is 0 Å². The summed E-state index contributed by atoms with van der Waals surface area (Å²) in [5, 5.41) is 6.67. The van der Waals surface area contributed by atoms with Crippen molar-refractivity contribution in [1.82, 2.24) is 10.6 Å². The Hall–Kier alpha value is -0.890. The Bertz CT molecular complexity index is 497. The number of aliphatic imine (C=N–C) groups is 1. The van der Waals surface area contributed by atoms with E-state index in [-0.39, 0.29) is 24.0 Å². The van der Waals surface area contributed by atoms with Crippen molar-refractivity contribution in [2.45, 2.75) is 6.54 Å². The fourth-order valence-electron chi connectivity index (χ4n) is 2.23. The lowest BCUT2D eigenvalue weighted by atomic mass is 10.2. The molecule has 1 aliphatic heterocycles. The van der Waals surface area contributed by atoms with Crippen molar-refractivity contribution in [2.24, 2.45) is 4.99 Å². The summed E-state index contributed by atoms with van der Waals surface area (Å²) in [6, 6.07) is 8.68. The minimum Gasteiger partial charge on any atom is -0.364 e. The molecule has 6 heteroatoms. The smallest absolute Gasteiger partial charge is 0.191 e. The van der Waals surface area contributed by atoms with Crippen LogP contribution in [0.2, 0.25) is 0 Å². The average molecular weight is 432 g/mol. The van der Waals surface area contributed by atoms with Crippen molar-refractivity contribution in [1.29, 1.82) is 0 Å². The Morgan fingerprint density at radius 2 is 2.05 bits per heavy atom. The van der Waals surface area contributed by atoms with Gasteiger partial charge in [-0.2, -0.15) is 11.8 Å². The van der Waals surface area contributed by atoms with Crippen LogP contribution in [-0.4, -0.2) is 44.7 Å². The number of nitrogens with one attached hydrogen (secondary N) is 2. The third kappa shape index (κ3) is 6.08. The van der Waals surface area contributed by atoms with Crippen LogP contribution in [0.1, 0.15) is 5.56 Å². The minimum atomic E-state index is 0. The third-order valence-corrected chi connectivity index (χ3v) is 3.99. The highest BCUT2D eigenvalue weighted by Crippen LogP contribution is 2.18. The molecule has 22 heavy (non-hydrogen) atoms. The molecule has 2 rings (SSSR count). The summed E-state index contributed by atoms with van der Waals surface area (Å²) < 4.78 is 0. The molecule has 1 aromatic rings. The summed E-state index contributed by atoms with van der Waals surface area (Å²) >= 11 is 1.83. The molecule has 0 amide bonds. The SMILES string of the molecule is CN=C(NCCSC)NCc1cccc(N2CC=CC2)c1.I. The summed E-state index contributed by atoms with van der Waals surface area (Å²) in [4.78, 5) is 6.60. The molecule has 0 radical (unpaired) electrons. The van der Waals surface area contributed by atoms with E-state index in [0.717, 1.165) is 37.9 Å². The Kier molecular flexibility index (Phi) is 9.38. The van der Waals surface area contributed by atoms with Gasteiger partial charge in [-0.25, -0.2) is 0 Å². The van der Waals surface area contributed by atoms with Gasteiger partial charge in [-0.1, -0.05) is 24.3 Å². The minimum absolute atomic E-state index is 0. The first-order valence-electron chi connectivity index (χ1n) is 7.26. The first-order chi connectivity index (χ1) is 10.3. The number of hydrogen-bond donors (Lipinski definition) is 2. The van der Waals surface area contributed by atoms with Crippen molar-refractivity contribution in [3.05, 3.63) is 42.0 Å². The first-order valence-corrected chi connectivity index (χ1v) is 8.65. The van der Waals surface area contributed by atoms with Crippen LogP contribution in [0.4, 0.5) is 5.69 Å². The van der Waals surface area contributed by atoms with Gasteiger partial charge in [-0.05, 0) is 24.0 Å². The van der Waals surface area contributed by atoms with Gasteiger partial charge in [0.25, 0.3) is 0 Å². The quantitative estimate of drug-likeness (QED) is 0.239. The van der Waals surface area contributed by atoms with Crippen LogP contribution in [0.5, 0.6) is 0 Å². The molecule has 0 unspecified atom stereocenters. The van der Waals surface area contributed by atoms with E-state index in [1.54, 1.807) is 7.05 Å². The number of thioether (sulfide) groups is 1. The van der Waals surface area contributed by atoms with E-state index in [9.17, 15) is 0 Å². The van der Waals surface area contributed by atoms with Gasteiger partial charge >= 0.3 is 0 Å². The second-order valence-electron chi connectivity index (χ2n) is 4.89. The van der Waals surface area contributed by atoms with E-state index in [0.29, 0.717) is 0 Å². The van der Waals surface area contributed by atoms with Crippen LogP contribution in [-0.2, 0) is 6.54 Å². The summed E-state index contributed by atoms with van der Waals surface area (Å²) in [7, 11) is 1.81. The van der Waals surface area contributed by atoms with Gasteiger partial charge in [0.1, 0.15) is 0 Å². The molecule has 0 saturated heterocycles. The van der Waals surface area contributed by atoms with Crippen LogP contribution in [0.3, 0.4) is 0 Å². The number of anilines is 1. The lowest BCUT2D eigenvalue weighted by molar-refractivity contribution is 0.832. The zero-order chi connectivity index (χ0) is 14.9. The molecular formula is C16H25IN4S. The molecule has 0 aliphatic carbocycles. The maximum absolute atomic E-state index is 4.24. The number of halogens is 1. The second-order valence-corrected chi connectivity index (χ2v) is 5.88. The lowest BCUT2D eigenvalue weighted by Gasteiger charge is -2.19. The maximum Gasteiger partial charge on any atom is 0.191 e. The van der Waals surface area contributed by atoms with Gasteiger partial charge in [-0.15, -0.1) is 24.0 Å².